The van der Waals surface area contributed by atoms with Crippen LogP contribution in [-0.2, 0) is 0 Å². The standard InChI is InChI=1S/C13H28N2S/c1-4-5-6-7-8-9-10-11-12-16-15(3)13-14-2/h13H,4-12H2,1-3H3. The molecule has 0 bridgehead atoms. The first kappa shape index (κ1) is 15.8. The van der Waals surface area contributed by atoms with Gasteiger partial charge in [-0.1, -0.05) is 51.9 Å². The quantitative estimate of drug-likeness (QED) is 0.232. The molecule has 0 unspecified atom stereocenters. The topological polar surface area (TPSA) is 15.6 Å². The molecule has 3 heteroatoms. The van der Waals surface area contributed by atoms with Crippen LogP contribution in [0.25, 0.3) is 0 Å². The van der Waals surface area contributed by atoms with Gasteiger partial charge in [-0.3, -0.25) is 4.99 Å². The Hall–Kier alpha value is -0.180. The van der Waals surface area contributed by atoms with Gasteiger partial charge in [-0.15, -0.1) is 0 Å². The second-order valence-corrected chi connectivity index (χ2v) is 5.47. The van der Waals surface area contributed by atoms with Gasteiger partial charge in [0, 0.05) is 19.8 Å². The Balaban J connectivity index is 3.04. The lowest BCUT2D eigenvalue weighted by Crippen LogP contribution is -2.06. The smallest absolute Gasteiger partial charge is 0.0943 e. The van der Waals surface area contributed by atoms with Crippen molar-refractivity contribution in [2.45, 2.75) is 58.3 Å². The van der Waals surface area contributed by atoms with Crippen LogP contribution in [-0.4, -0.2) is 30.5 Å². The van der Waals surface area contributed by atoms with Crippen LogP contribution in [0.4, 0.5) is 0 Å². The fraction of sp³-hybridized carbons (Fsp3) is 0.923. The first-order valence-corrected chi connectivity index (χ1v) is 7.53. The molecule has 0 heterocycles. The van der Waals surface area contributed by atoms with E-state index in [4.69, 9.17) is 0 Å². The lowest BCUT2D eigenvalue weighted by molar-refractivity contribution is 0.586. The van der Waals surface area contributed by atoms with Gasteiger partial charge in [-0.2, -0.15) is 0 Å². The molecule has 0 aliphatic rings. The van der Waals surface area contributed by atoms with E-state index < -0.39 is 0 Å². The van der Waals surface area contributed by atoms with Gasteiger partial charge >= 0.3 is 0 Å². The highest BCUT2D eigenvalue weighted by molar-refractivity contribution is 7.97. The third kappa shape index (κ3) is 11.9. The zero-order chi connectivity index (χ0) is 12.1. The Morgan fingerprint density at radius 1 is 1.00 bits per heavy atom. The fourth-order valence-corrected chi connectivity index (χ4v) is 2.42. The summed E-state index contributed by atoms with van der Waals surface area (Å²) in [6, 6.07) is 0. The molecule has 0 aliphatic carbocycles. The molecule has 0 atom stereocenters. The summed E-state index contributed by atoms with van der Waals surface area (Å²) in [6.45, 7) is 2.27. The minimum Gasteiger partial charge on any atom is -0.310 e. The van der Waals surface area contributed by atoms with Crippen molar-refractivity contribution in [1.29, 1.82) is 0 Å². The van der Waals surface area contributed by atoms with Crippen LogP contribution in [0, 0.1) is 0 Å². The van der Waals surface area contributed by atoms with Crippen molar-refractivity contribution in [3.8, 4) is 0 Å². The molecule has 0 aromatic rings. The van der Waals surface area contributed by atoms with Gasteiger partial charge in [0.25, 0.3) is 0 Å². The van der Waals surface area contributed by atoms with Crippen LogP contribution in [0.2, 0.25) is 0 Å². The van der Waals surface area contributed by atoms with Crippen molar-refractivity contribution in [1.82, 2.24) is 4.31 Å². The predicted molar refractivity (Wildman–Crippen MR) is 77.2 cm³/mol. The van der Waals surface area contributed by atoms with Crippen LogP contribution in [0.5, 0.6) is 0 Å². The molecule has 0 saturated heterocycles. The average molecular weight is 244 g/mol. The molecule has 0 aromatic carbocycles. The summed E-state index contributed by atoms with van der Waals surface area (Å²) < 4.78 is 2.08. The Bertz CT molecular complexity index is 160. The Labute approximate surface area is 106 Å². The maximum absolute atomic E-state index is 3.97. The highest BCUT2D eigenvalue weighted by atomic mass is 32.2. The van der Waals surface area contributed by atoms with Crippen LogP contribution in [0.3, 0.4) is 0 Å². The average Bonchev–Trinajstić information content (AvgIpc) is 2.27. The first-order chi connectivity index (χ1) is 7.81. The van der Waals surface area contributed by atoms with E-state index in [1.165, 1.54) is 57.1 Å². The van der Waals surface area contributed by atoms with Crippen molar-refractivity contribution in [2.24, 2.45) is 4.99 Å². The van der Waals surface area contributed by atoms with Crippen molar-refractivity contribution in [2.75, 3.05) is 19.8 Å². The number of nitrogens with zero attached hydrogens (tertiary/aromatic N) is 2. The van der Waals surface area contributed by atoms with Gasteiger partial charge in [0.1, 0.15) is 0 Å². The summed E-state index contributed by atoms with van der Waals surface area (Å²) in [5.74, 6) is 1.22. The van der Waals surface area contributed by atoms with E-state index in [-0.39, 0.29) is 0 Å². The molecule has 0 aliphatic heterocycles. The van der Waals surface area contributed by atoms with Crippen LogP contribution in [0.1, 0.15) is 58.3 Å². The molecule has 2 nitrogen and oxygen atoms in total. The van der Waals surface area contributed by atoms with E-state index in [1.54, 1.807) is 0 Å². The minimum atomic E-state index is 1.22. The number of hydrogen-bond acceptors (Lipinski definition) is 2. The Morgan fingerprint density at radius 2 is 1.56 bits per heavy atom. The maximum Gasteiger partial charge on any atom is 0.0943 e. The normalized spacial score (nSPS) is 11.2. The number of unbranched alkanes of at least 4 members (excludes halogenated alkanes) is 7. The van der Waals surface area contributed by atoms with E-state index in [9.17, 15) is 0 Å². The maximum atomic E-state index is 3.97. The van der Waals surface area contributed by atoms with Crippen LogP contribution >= 0.6 is 11.9 Å². The summed E-state index contributed by atoms with van der Waals surface area (Å²) in [6.07, 6.45) is 13.1. The molecule has 0 radical (unpaired) electrons. The molecule has 0 fully saturated rings. The lowest BCUT2D eigenvalue weighted by atomic mass is 10.1. The Morgan fingerprint density at radius 3 is 2.12 bits per heavy atom. The number of aliphatic imine (C=N–C) groups is 1. The largest absolute Gasteiger partial charge is 0.310 e. The summed E-state index contributed by atoms with van der Waals surface area (Å²) in [5.41, 5.74) is 0. The summed E-state index contributed by atoms with van der Waals surface area (Å²) >= 11 is 1.86. The van der Waals surface area contributed by atoms with Crippen molar-refractivity contribution < 1.29 is 0 Å². The monoisotopic (exact) mass is 244 g/mol. The van der Waals surface area contributed by atoms with Gasteiger partial charge in [0.15, 0.2) is 0 Å². The summed E-state index contributed by atoms with van der Waals surface area (Å²) in [5, 5.41) is 0. The second kappa shape index (κ2) is 12.9. The molecule has 0 N–H and O–H groups in total. The van der Waals surface area contributed by atoms with Crippen LogP contribution in [0.15, 0.2) is 4.99 Å². The van der Waals surface area contributed by atoms with Crippen molar-refractivity contribution in [3.63, 3.8) is 0 Å². The lowest BCUT2D eigenvalue weighted by Gasteiger charge is -2.10. The molecule has 96 valence electrons. The third-order valence-corrected chi connectivity index (χ3v) is 3.54. The van der Waals surface area contributed by atoms with Crippen molar-refractivity contribution >= 4 is 18.3 Å². The molecular formula is C13H28N2S. The number of hydrogen-bond donors (Lipinski definition) is 0. The summed E-state index contributed by atoms with van der Waals surface area (Å²) in [7, 11) is 3.87. The molecule has 0 saturated carbocycles. The SMILES string of the molecule is CCCCCCCCCCSN(C)C=NC. The molecule has 0 aromatic heterocycles. The summed E-state index contributed by atoms with van der Waals surface area (Å²) in [4.78, 5) is 3.97. The van der Waals surface area contributed by atoms with E-state index in [0.717, 1.165) is 0 Å². The first-order valence-electron chi connectivity index (χ1n) is 6.59. The van der Waals surface area contributed by atoms with Gasteiger partial charge in [-0.25, -0.2) is 0 Å². The third-order valence-electron chi connectivity index (χ3n) is 2.57. The van der Waals surface area contributed by atoms with Crippen LogP contribution < -0.4 is 0 Å². The molecule has 0 spiro atoms. The van der Waals surface area contributed by atoms with E-state index in [0.29, 0.717) is 0 Å². The van der Waals surface area contributed by atoms with E-state index >= 15 is 0 Å². The van der Waals surface area contributed by atoms with Gasteiger partial charge in [-0.05, 0) is 18.4 Å². The highest BCUT2D eigenvalue weighted by Gasteiger charge is 1.94. The van der Waals surface area contributed by atoms with Gasteiger partial charge < -0.3 is 4.31 Å². The molecule has 16 heavy (non-hydrogen) atoms. The molecule has 0 rings (SSSR count). The second-order valence-electron chi connectivity index (χ2n) is 4.23. The van der Waals surface area contributed by atoms with Gasteiger partial charge in [0.2, 0.25) is 0 Å². The zero-order valence-electron chi connectivity index (χ0n) is 11.2. The van der Waals surface area contributed by atoms with Crippen molar-refractivity contribution in [3.05, 3.63) is 0 Å². The highest BCUT2D eigenvalue weighted by Crippen LogP contribution is 2.12. The Kier molecular flexibility index (Phi) is 12.7. The molecular weight excluding hydrogens is 216 g/mol. The minimum absolute atomic E-state index is 1.22. The zero-order valence-corrected chi connectivity index (χ0v) is 12.1. The molecule has 0 amide bonds. The van der Waals surface area contributed by atoms with Gasteiger partial charge in [0.05, 0.1) is 6.34 Å². The van der Waals surface area contributed by atoms with E-state index in [2.05, 4.69) is 23.3 Å². The predicted octanol–water partition coefficient (Wildman–Crippen LogP) is 4.37. The van der Waals surface area contributed by atoms with E-state index in [1.807, 2.05) is 25.3 Å². The number of rotatable bonds is 11. The fourth-order valence-electron chi connectivity index (χ4n) is 1.64.